The minimum absolute atomic E-state index is 0.237. The van der Waals surface area contributed by atoms with Gasteiger partial charge in [0.25, 0.3) is 0 Å². The van der Waals surface area contributed by atoms with Crippen molar-refractivity contribution in [3.8, 4) is 0 Å². The third-order valence-electron chi connectivity index (χ3n) is 5.53. The Balaban J connectivity index is 2.39. The van der Waals surface area contributed by atoms with Gasteiger partial charge in [-0.1, -0.05) is 49.4 Å². The van der Waals surface area contributed by atoms with Crippen LogP contribution < -0.4 is 9.62 Å². The molecule has 33 heavy (non-hydrogen) atoms. The Hall–Kier alpha value is -2.87. The molecule has 1 N–H and O–H groups in total. The summed E-state index contributed by atoms with van der Waals surface area (Å²) in [7, 11) is -3.73. The zero-order valence-electron chi connectivity index (χ0n) is 20.2. The van der Waals surface area contributed by atoms with E-state index < -0.39 is 22.0 Å². The van der Waals surface area contributed by atoms with Crippen LogP contribution in [0.5, 0.6) is 0 Å². The molecule has 2 rings (SSSR count). The van der Waals surface area contributed by atoms with E-state index in [0.29, 0.717) is 31.6 Å². The number of nitrogens with one attached hydrogen (secondary N) is 1. The van der Waals surface area contributed by atoms with Crippen LogP contribution >= 0.6 is 0 Å². The predicted molar refractivity (Wildman–Crippen MR) is 133 cm³/mol. The number of carbonyl (C=O) groups is 2. The van der Waals surface area contributed by atoms with Crippen molar-refractivity contribution in [3.63, 3.8) is 0 Å². The molecule has 0 radical (unpaired) electrons. The highest BCUT2D eigenvalue weighted by Gasteiger charge is 2.31. The van der Waals surface area contributed by atoms with Crippen LogP contribution in [0, 0.1) is 13.8 Å². The van der Waals surface area contributed by atoms with E-state index in [1.54, 1.807) is 6.07 Å². The molecule has 0 aliphatic rings. The fourth-order valence-electron chi connectivity index (χ4n) is 3.77. The van der Waals surface area contributed by atoms with Gasteiger partial charge < -0.3 is 10.2 Å². The number of anilines is 1. The summed E-state index contributed by atoms with van der Waals surface area (Å²) in [5.41, 5.74) is 3.16. The number of carbonyl (C=O) groups excluding carboxylic acids is 2. The van der Waals surface area contributed by atoms with Crippen LogP contribution in [0.1, 0.15) is 37.0 Å². The van der Waals surface area contributed by atoms with Gasteiger partial charge in [-0.05, 0) is 56.4 Å². The Morgan fingerprint density at radius 2 is 1.70 bits per heavy atom. The van der Waals surface area contributed by atoms with E-state index in [1.807, 2.05) is 70.2 Å². The molecule has 2 amide bonds. The molecule has 0 bridgehead atoms. The average molecular weight is 474 g/mol. The number of rotatable bonds is 11. The third kappa shape index (κ3) is 7.32. The fraction of sp³-hybridized carbons (Fsp3) is 0.440. The maximum atomic E-state index is 13.5. The van der Waals surface area contributed by atoms with E-state index in [4.69, 9.17) is 0 Å². The van der Waals surface area contributed by atoms with E-state index >= 15 is 0 Å². The summed E-state index contributed by atoms with van der Waals surface area (Å²) in [6, 6.07) is 14.5. The molecule has 0 aliphatic heterocycles. The lowest BCUT2D eigenvalue weighted by molar-refractivity contribution is -0.139. The van der Waals surface area contributed by atoms with Crippen LogP contribution in [0.2, 0.25) is 0 Å². The first-order valence-corrected chi connectivity index (χ1v) is 13.1. The van der Waals surface area contributed by atoms with Gasteiger partial charge in [0.05, 0.1) is 11.9 Å². The van der Waals surface area contributed by atoms with Crippen LogP contribution in [0.4, 0.5) is 5.69 Å². The second kappa shape index (κ2) is 11.8. The van der Waals surface area contributed by atoms with Crippen molar-refractivity contribution >= 4 is 27.5 Å². The van der Waals surface area contributed by atoms with Crippen molar-refractivity contribution in [1.82, 2.24) is 10.2 Å². The Labute approximate surface area is 197 Å². The molecule has 0 heterocycles. The molecule has 1 atom stereocenters. The minimum Gasteiger partial charge on any atom is -0.355 e. The Kier molecular flexibility index (Phi) is 9.46. The van der Waals surface area contributed by atoms with Crippen molar-refractivity contribution in [2.24, 2.45) is 0 Å². The minimum atomic E-state index is -3.73. The van der Waals surface area contributed by atoms with Crippen LogP contribution in [0.25, 0.3) is 0 Å². The zero-order chi connectivity index (χ0) is 24.6. The summed E-state index contributed by atoms with van der Waals surface area (Å²) in [5, 5.41) is 2.80. The molecule has 0 saturated heterocycles. The monoisotopic (exact) mass is 473 g/mol. The molecule has 0 unspecified atom stereocenters. The van der Waals surface area contributed by atoms with Crippen molar-refractivity contribution in [1.29, 1.82) is 0 Å². The van der Waals surface area contributed by atoms with Gasteiger partial charge in [-0.25, -0.2) is 8.42 Å². The lowest BCUT2D eigenvalue weighted by Crippen LogP contribution is -2.53. The first-order valence-electron chi connectivity index (χ1n) is 11.2. The molecule has 2 aromatic carbocycles. The highest BCUT2D eigenvalue weighted by Crippen LogP contribution is 2.24. The Morgan fingerprint density at radius 3 is 2.27 bits per heavy atom. The van der Waals surface area contributed by atoms with Gasteiger partial charge in [0.2, 0.25) is 21.8 Å². The van der Waals surface area contributed by atoms with E-state index in [0.717, 1.165) is 27.3 Å². The smallest absolute Gasteiger partial charge is 0.244 e. The summed E-state index contributed by atoms with van der Waals surface area (Å²) >= 11 is 0. The number of hydrogen-bond donors (Lipinski definition) is 1. The number of hydrogen-bond acceptors (Lipinski definition) is 4. The number of likely N-dealkylation sites (N-methyl/N-ethyl adjacent to an activating group) is 1. The largest absolute Gasteiger partial charge is 0.355 e. The molecule has 2 aromatic rings. The van der Waals surface area contributed by atoms with Gasteiger partial charge in [-0.2, -0.15) is 0 Å². The summed E-state index contributed by atoms with van der Waals surface area (Å²) in [6.45, 7) is 7.76. The molecule has 0 aromatic heterocycles. The van der Waals surface area contributed by atoms with Crippen molar-refractivity contribution in [2.45, 2.75) is 46.6 Å². The van der Waals surface area contributed by atoms with E-state index in [1.165, 1.54) is 4.90 Å². The summed E-state index contributed by atoms with van der Waals surface area (Å²) in [4.78, 5) is 27.8. The van der Waals surface area contributed by atoms with Crippen molar-refractivity contribution < 1.29 is 18.0 Å². The zero-order valence-corrected chi connectivity index (χ0v) is 21.0. The number of benzene rings is 2. The van der Waals surface area contributed by atoms with Crippen LogP contribution in [0.3, 0.4) is 0 Å². The topological polar surface area (TPSA) is 86.8 Å². The van der Waals surface area contributed by atoms with Gasteiger partial charge in [0.1, 0.15) is 12.6 Å². The second-order valence-corrected chi connectivity index (χ2v) is 10.1. The Bertz CT molecular complexity index is 1050. The van der Waals surface area contributed by atoms with Crippen LogP contribution in [-0.2, 0) is 26.0 Å². The van der Waals surface area contributed by atoms with E-state index in [-0.39, 0.29) is 12.5 Å². The normalized spacial score (nSPS) is 12.2. The first-order chi connectivity index (χ1) is 15.6. The highest BCUT2D eigenvalue weighted by molar-refractivity contribution is 7.92. The molecule has 8 heteroatoms. The van der Waals surface area contributed by atoms with Gasteiger partial charge in [0, 0.05) is 13.1 Å². The van der Waals surface area contributed by atoms with E-state index in [2.05, 4.69) is 5.32 Å². The van der Waals surface area contributed by atoms with Gasteiger partial charge in [-0.15, -0.1) is 0 Å². The lowest BCUT2D eigenvalue weighted by Gasteiger charge is -2.33. The standard InChI is InChI=1S/C25H35N3O4S/c1-6-22(25(30)26-7-2)27(16-15-21-11-9-8-10-12-21)24(29)18-28(33(5,31)32)23-17-19(3)13-14-20(23)4/h8-14,17,22H,6-7,15-16,18H2,1-5H3,(H,26,30)/t22-/m0/s1. The molecule has 0 saturated carbocycles. The molecule has 0 spiro atoms. The van der Waals surface area contributed by atoms with Gasteiger partial charge in [0.15, 0.2) is 0 Å². The maximum absolute atomic E-state index is 13.5. The molecule has 0 aliphatic carbocycles. The van der Waals surface area contributed by atoms with Crippen LogP contribution in [0.15, 0.2) is 48.5 Å². The van der Waals surface area contributed by atoms with Crippen molar-refractivity contribution in [3.05, 3.63) is 65.2 Å². The third-order valence-corrected chi connectivity index (χ3v) is 6.66. The summed E-state index contributed by atoms with van der Waals surface area (Å²) in [5.74, 6) is -0.644. The quantitative estimate of drug-likeness (QED) is 0.543. The molecule has 180 valence electrons. The second-order valence-electron chi connectivity index (χ2n) is 8.20. The number of nitrogens with zero attached hydrogens (tertiary/aromatic N) is 2. The molecular weight excluding hydrogens is 438 g/mol. The number of amides is 2. The first kappa shape index (κ1) is 26.4. The maximum Gasteiger partial charge on any atom is 0.244 e. The SMILES string of the molecule is CCNC(=O)[C@H](CC)N(CCc1ccccc1)C(=O)CN(c1cc(C)ccc1C)S(C)(=O)=O. The number of aryl methyl sites for hydroxylation is 2. The lowest BCUT2D eigenvalue weighted by atomic mass is 10.1. The van der Waals surface area contributed by atoms with Gasteiger partial charge in [-0.3, -0.25) is 13.9 Å². The van der Waals surface area contributed by atoms with Gasteiger partial charge >= 0.3 is 0 Å². The molecule has 7 nitrogen and oxygen atoms in total. The fourth-order valence-corrected chi connectivity index (χ4v) is 4.67. The average Bonchev–Trinajstić information content (AvgIpc) is 2.76. The molecular formula is C25H35N3O4S. The Morgan fingerprint density at radius 1 is 1.03 bits per heavy atom. The highest BCUT2D eigenvalue weighted by atomic mass is 32.2. The predicted octanol–water partition coefficient (Wildman–Crippen LogP) is 3.06. The van der Waals surface area contributed by atoms with Crippen molar-refractivity contribution in [2.75, 3.05) is 30.2 Å². The molecule has 0 fully saturated rings. The summed E-state index contributed by atoms with van der Waals surface area (Å²) in [6.07, 6.45) is 2.08. The van der Waals surface area contributed by atoms with E-state index in [9.17, 15) is 18.0 Å². The summed E-state index contributed by atoms with van der Waals surface area (Å²) < 4.78 is 26.5. The number of sulfonamides is 1. The van der Waals surface area contributed by atoms with Crippen LogP contribution in [-0.4, -0.2) is 57.1 Å².